The third-order valence-corrected chi connectivity index (χ3v) is 3.37. The SMILES string of the molecule is CN(CC(O)C1CC1)C(=O)c1cc(Cl)ccc1F. The Morgan fingerprint density at radius 3 is 2.89 bits per heavy atom. The molecule has 98 valence electrons. The Morgan fingerprint density at radius 1 is 1.61 bits per heavy atom. The normalized spacial score (nSPS) is 16.4. The van der Waals surface area contributed by atoms with Crippen LogP contribution in [0.3, 0.4) is 0 Å². The van der Waals surface area contributed by atoms with Crippen molar-refractivity contribution in [3.63, 3.8) is 0 Å². The molecule has 1 saturated carbocycles. The quantitative estimate of drug-likeness (QED) is 0.913. The number of rotatable bonds is 4. The third-order valence-electron chi connectivity index (χ3n) is 3.13. The van der Waals surface area contributed by atoms with E-state index in [1.807, 2.05) is 0 Å². The summed E-state index contributed by atoms with van der Waals surface area (Å²) in [4.78, 5) is 13.3. The number of amides is 1. The largest absolute Gasteiger partial charge is 0.391 e. The minimum atomic E-state index is -0.600. The van der Waals surface area contributed by atoms with E-state index in [0.29, 0.717) is 5.02 Å². The van der Waals surface area contributed by atoms with Gasteiger partial charge in [0.1, 0.15) is 5.82 Å². The Balaban J connectivity index is 2.07. The zero-order valence-corrected chi connectivity index (χ0v) is 10.8. The number of halogens is 2. The Labute approximate surface area is 110 Å². The predicted octanol–water partition coefficient (Wildman–Crippen LogP) is 2.32. The van der Waals surface area contributed by atoms with Crippen LogP contribution in [0.15, 0.2) is 18.2 Å². The molecule has 1 aromatic carbocycles. The van der Waals surface area contributed by atoms with Crippen molar-refractivity contribution in [1.29, 1.82) is 0 Å². The number of aliphatic hydroxyl groups excluding tert-OH is 1. The van der Waals surface area contributed by atoms with E-state index in [9.17, 15) is 14.3 Å². The highest BCUT2D eigenvalue weighted by atomic mass is 35.5. The van der Waals surface area contributed by atoms with Crippen LogP contribution in [0.4, 0.5) is 4.39 Å². The molecule has 0 aromatic heterocycles. The van der Waals surface area contributed by atoms with Gasteiger partial charge in [0, 0.05) is 18.6 Å². The Kier molecular flexibility index (Phi) is 3.88. The average Bonchev–Trinajstić information content (AvgIpc) is 3.15. The van der Waals surface area contributed by atoms with E-state index in [1.165, 1.54) is 23.1 Å². The van der Waals surface area contributed by atoms with Crippen LogP contribution in [-0.2, 0) is 0 Å². The summed E-state index contributed by atoms with van der Waals surface area (Å²) in [5, 5.41) is 10.1. The lowest BCUT2D eigenvalue weighted by molar-refractivity contribution is 0.0641. The number of likely N-dealkylation sites (N-methyl/N-ethyl adjacent to an activating group) is 1. The average molecular weight is 272 g/mol. The molecule has 0 radical (unpaired) electrons. The lowest BCUT2D eigenvalue weighted by atomic mass is 10.1. The van der Waals surface area contributed by atoms with Crippen LogP contribution in [0.2, 0.25) is 5.02 Å². The first-order valence-corrected chi connectivity index (χ1v) is 6.25. The van der Waals surface area contributed by atoms with Gasteiger partial charge in [0.2, 0.25) is 0 Å². The minimum Gasteiger partial charge on any atom is -0.391 e. The first-order valence-electron chi connectivity index (χ1n) is 5.87. The van der Waals surface area contributed by atoms with Gasteiger partial charge in [-0.25, -0.2) is 4.39 Å². The summed E-state index contributed by atoms with van der Waals surface area (Å²) in [6, 6.07) is 3.87. The maximum Gasteiger partial charge on any atom is 0.256 e. The van der Waals surface area contributed by atoms with Crippen molar-refractivity contribution in [2.75, 3.05) is 13.6 Å². The van der Waals surface area contributed by atoms with E-state index in [-0.39, 0.29) is 18.0 Å². The smallest absolute Gasteiger partial charge is 0.256 e. The molecule has 1 fully saturated rings. The minimum absolute atomic E-state index is 0.0620. The summed E-state index contributed by atoms with van der Waals surface area (Å²) in [6.07, 6.45) is 1.46. The topological polar surface area (TPSA) is 40.5 Å². The maximum atomic E-state index is 13.5. The zero-order valence-electron chi connectivity index (χ0n) is 10.1. The van der Waals surface area contributed by atoms with Gasteiger partial charge in [-0.1, -0.05) is 11.6 Å². The Bertz CT molecular complexity index is 462. The van der Waals surface area contributed by atoms with E-state index in [0.717, 1.165) is 12.8 Å². The third kappa shape index (κ3) is 3.00. The van der Waals surface area contributed by atoms with Crippen molar-refractivity contribution in [2.24, 2.45) is 5.92 Å². The fourth-order valence-electron chi connectivity index (χ4n) is 1.86. The molecule has 1 aliphatic carbocycles. The Hall–Kier alpha value is -1.13. The summed E-state index contributed by atoms with van der Waals surface area (Å²) in [5.74, 6) is -0.781. The van der Waals surface area contributed by atoms with Crippen molar-refractivity contribution in [3.05, 3.63) is 34.6 Å². The molecule has 0 bridgehead atoms. The molecule has 1 aliphatic rings. The van der Waals surface area contributed by atoms with Crippen LogP contribution in [0.1, 0.15) is 23.2 Å². The lowest BCUT2D eigenvalue weighted by Gasteiger charge is -2.21. The van der Waals surface area contributed by atoms with Crippen molar-refractivity contribution in [2.45, 2.75) is 18.9 Å². The van der Waals surface area contributed by atoms with Crippen molar-refractivity contribution >= 4 is 17.5 Å². The number of benzene rings is 1. The molecule has 0 spiro atoms. The number of carbonyl (C=O) groups is 1. The second-order valence-corrected chi connectivity index (χ2v) is 5.15. The summed E-state index contributed by atoms with van der Waals surface area (Å²) < 4.78 is 13.5. The molecule has 18 heavy (non-hydrogen) atoms. The van der Waals surface area contributed by atoms with Crippen molar-refractivity contribution < 1.29 is 14.3 Å². The number of hydrogen-bond donors (Lipinski definition) is 1. The van der Waals surface area contributed by atoms with Gasteiger partial charge in [-0.15, -0.1) is 0 Å². The fraction of sp³-hybridized carbons (Fsp3) is 0.462. The van der Waals surface area contributed by atoms with Gasteiger partial charge in [-0.05, 0) is 37.0 Å². The van der Waals surface area contributed by atoms with E-state index in [4.69, 9.17) is 11.6 Å². The summed E-state index contributed by atoms with van der Waals surface area (Å²) in [7, 11) is 1.55. The zero-order chi connectivity index (χ0) is 13.3. The number of nitrogens with zero attached hydrogens (tertiary/aromatic N) is 1. The van der Waals surface area contributed by atoms with Crippen LogP contribution in [0.5, 0.6) is 0 Å². The monoisotopic (exact) mass is 271 g/mol. The molecule has 2 rings (SSSR count). The van der Waals surface area contributed by atoms with Gasteiger partial charge in [0.05, 0.1) is 11.7 Å². The van der Waals surface area contributed by atoms with Gasteiger partial charge in [0.25, 0.3) is 5.91 Å². The fourth-order valence-corrected chi connectivity index (χ4v) is 2.03. The number of carbonyl (C=O) groups excluding carboxylic acids is 1. The second-order valence-electron chi connectivity index (χ2n) is 4.71. The van der Waals surface area contributed by atoms with Crippen LogP contribution in [0.25, 0.3) is 0 Å². The Morgan fingerprint density at radius 2 is 2.28 bits per heavy atom. The summed E-state index contributed by atoms with van der Waals surface area (Å²) in [6.45, 7) is 0.218. The maximum absolute atomic E-state index is 13.5. The molecule has 5 heteroatoms. The van der Waals surface area contributed by atoms with Crippen LogP contribution in [-0.4, -0.2) is 35.6 Å². The molecular formula is C13H15ClFNO2. The molecule has 1 atom stereocenters. The lowest BCUT2D eigenvalue weighted by Crippen LogP contribution is -2.35. The molecule has 1 N–H and O–H groups in total. The van der Waals surface area contributed by atoms with Gasteiger partial charge in [-0.3, -0.25) is 4.79 Å². The van der Waals surface area contributed by atoms with Gasteiger partial charge < -0.3 is 10.0 Å². The van der Waals surface area contributed by atoms with Crippen LogP contribution < -0.4 is 0 Å². The van der Waals surface area contributed by atoms with Gasteiger partial charge >= 0.3 is 0 Å². The van der Waals surface area contributed by atoms with Gasteiger partial charge in [-0.2, -0.15) is 0 Å². The van der Waals surface area contributed by atoms with E-state index < -0.39 is 17.8 Å². The first kappa shape index (κ1) is 13.3. The molecule has 0 saturated heterocycles. The standard InChI is InChI=1S/C13H15ClFNO2/c1-16(7-12(17)8-2-3-8)13(18)10-6-9(14)4-5-11(10)15/h4-6,8,12,17H,2-3,7H2,1H3. The molecule has 1 unspecified atom stereocenters. The molecule has 0 aliphatic heterocycles. The molecule has 1 amide bonds. The van der Waals surface area contributed by atoms with Crippen molar-refractivity contribution in [1.82, 2.24) is 4.90 Å². The number of hydrogen-bond acceptors (Lipinski definition) is 2. The van der Waals surface area contributed by atoms with E-state index in [1.54, 1.807) is 7.05 Å². The van der Waals surface area contributed by atoms with Crippen molar-refractivity contribution in [3.8, 4) is 0 Å². The summed E-state index contributed by atoms with van der Waals surface area (Å²) in [5.41, 5.74) is -0.0620. The predicted molar refractivity (Wildman–Crippen MR) is 67.1 cm³/mol. The number of aliphatic hydroxyl groups is 1. The first-order chi connectivity index (χ1) is 8.49. The van der Waals surface area contributed by atoms with E-state index in [2.05, 4.69) is 0 Å². The van der Waals surface area contributed by atoms with Crippen LogP contribution in [0, 0.1) is 11.7 Å². The summed E-state index contributed by atoms with van der Waals surface area (Å²) >= 11 is 5.74. The highest BCUT2D eigenvalue weighted by Gasteiger charge is 2.31. The second kappa shape index (κ2) is 5.24. The molecular weight excluding hydrogens is 257 g/mol. The van der Waals surface area contributed by atoms with Crippen LogP contribution >= 0.6 is 11.6 Å². The molecule has 3 nitrogen and oxygen atoms in total. The highest BCUT2D eigenvalue weighted by Crippen LogP contribution is 2.32. The van der Waals surface area contributed by atoms with E-state index >= 15 is 0 Å². The molecule has 1 aromatic rings. The highest BCUT2D eigenvalue weighted by molar-refractivity contribution is 6.30. The van der Waals surface area contributed by atoms with Gasteiger partial charge in [0.15, 0.2) is 0 Å². The molecule has 0 heterocycles.